The van der Waals surface area contributed by atoms with Gasteiger partial charge in [-0.15, -0.1) is 11.3 Å². The number of nitrogens with zero attached hydrogens (tertiary/aromatic N) is 1. The molecule has 0 unspecified atom stereocenters. The van der Waals surface area contributed by atoms with Gasteiger partial charge in [0.2, 0.25) is 0 Å². The maximum Gasteiger partial charge on any atom is 0.150 e. The molecule has 0 fully saturated rings. The molecule has 0 atom stereocenters. The molecule has 0 aliphatic rings. The number of carbonyl (C=O) groups is 1. The molecule has 17 heavy (non-hydrogen) atoms. The number of thiazole rings is 1. The van der Waals surface area contributed by atoms with Crippen LogP contribution < -0.4 is 4.74 Å². The predicted octanol–water partition coefficient (Wildman–Crippen LogP) is 3.15. The Balaban J connectivity index is 2.18. The Morgan fingerprint density at radius 1 is 1.35 bits per heavy atom. The van der Waals surface area contributed by atoms with Gasteiger partial charge in [-0.3, -0.25) is 4.79 Å². The lowest BCUT2D eigenvalue weighted by atomic mass is 10.1. The SMILES string of the molecule is Cc1cc(C=O)cc(C)c1OCc1cscn1. The summed E-state index contributed by atoms with van der Waals surface area (Å²) in [6.07, 6.45) is 0.851. The highest BCUT2D eigenvalue weighted by atomic mass is 32.1. The number of hydrogen-bond acceptors (Lipinski definition) is 4. The van der Waals surface area contributed by atoms with Gasteiger partial charge in [0.1, 0.15) is 18.6 Å². The van der Waals surface area contributed by atoms with Crippen molar-refractivity contribution in [3.8, 4) is 5.75 Å². The van der Waals surface area contributed by atoms with Gasteiger partial charge in [-0.2, -0.15) is 0 Å². The van der Waals surface area contributed by atoms with Gasteiger partial charge < -0.3 is 4.74 Å². The van der Waals surface area contributed by atoms with Crippen LogP contribution in [0.2, 0.25) is 0 Å². The highest BCUT2D eigenvalue weighted by Gasteiger charge is 2.07. The molecule has 0 spiro atoms. The van der Waals surface area contributed by atoms with Crippen LogP contribution >= 0.6 is 11.3 Å². The van der Waals surface area contributed by atoms with E-state index < -0.39 is 0 Å². The number of aromatic nitrogens is 1. The minimum atomic E-state index is 0.464. The number of carbonyl (C=O) groups excluding carboxylic acids is 1. The van der Waals surface area contributed by atoms with E-state index in [0.29, 0.717) is 12.2 Å². The molecule has 0 saturated carbocycles. The van der Waals surface area contributed by atoms with Gasteiger partial charge >= 0.3 is 0 Å². The lowest BCUT2D eigenvalue weighted by Gasteiger charge is -2.11. The largest absolute Gasteiger partial charge is 0.487 e. The molecule has 0 N–H and O–H groups in total. The summed E-state index contributed by atoms with van der Waals surface area (Å²) < 4.78 is 5.74. The summed E-state index contributed by atoms with van der Waals surface area (Å²) >= 11 is 1.55. The molecule has 1 aromatic carbocycles. The van der Waals surface area contributed by atoms with Crippen LogP contribution in [0.25, 0.3) is 0 Å². The van der Waals surface area contributed by atoms with E-state index in [-0.39, 0.29) is 0 Å². The van der Waals surface area contributed by atoms with E-state index in [2.05, 4.69) is 4.98 Å². The third-order valence-electron chi connectivity index (χ3n) is 2.47. The zero-order valence-electron chi connectivity index (χ0n) is 9.77. The standard InChI is InChI=1S/C13H13NO2S/c1-9-3-11(5-15)4-10(2)13(9)16-6-12-7-17-8-14-12/h3-5,7-8H,6H2,1-2H3. The molecule has 0 aliphatic heterocycles. The third-order valence-corrected chi connectivity index (χ3v) is 3.10. The molecule has 0 saturated heterocycles. The van der Waals surface area contributed by atoms with Crippen molar-refractivity contribution in [1.82, 2.24) is 4.98 Å². The van der Waals surface area contributed by atoms with Crippen LogP contribution in [-0.4, -0.2) is 11.3 Å². The van der Waals surface area contributed by atoms with Crippen LogP contribution in [0.15, 0.2) is 23.0 Å². The molecule has 1 aromatic heterocycles. The monoisotopic (exact) mass is 247 g/mol. The Morgan fingerprint density at radius 2 is 2.06 bits per heavy atom. The van der Waals surface area contributed by atoms with Crippen molar-refractivity contribution in [2.24, 2.45) is 0 Å². The van der Waals surface area contributed by atoms with Crippen molar-refractivity contribution >= 4 is 17.6 Å². The molecule has 2 aromatic rings. The summed E-state index contributed by atoms with van der Waals surface area (Å²) in [5.74, 6) is 0.837. The van der Waals surface area contributed by atoms with Gasteiger partial charge in [0.25, 0.3) is 0 Å². The molecule has 88 valence electrons. The quantitative estimate of drug-likeness (QED) is 0.779. The first kappa shape index (κ1) is 11.8. The third kappa shape index (κ3) is 2.71. The summed E-state index contributed by atoms with van der Waals surface area (Å²) in [7, 11) is 0. The second-order valence-corrected chi connectivity index (χ2v) is 4.59. The maximum atomic E-state index is 10.7. The van der Waals surface area contributed by atoms with Crippen molar-refractivity contribution in [2.45, 2.75) is 20.5 Å². The first-order chi connectivity index (χ1) is 8.20. The summed E-state index contributed by atoms with van der Waals surface area (Å²) in [5.41, 5.74) is 5.34. The predicted molar refractivity (Wildman–Crippen MR) is 67.7 cm³/mol. The second kappa shape index (κ2) is 5.10. The first-order valence-electron chi connectivity index (χ1n) is 5.27. The molecule has 1 heterocycles. The molecule has 4 heteroatoms. The van der Waals surface area contributed by atoms with E-state index in [1.165, 1.54) is 0 Å². The summed E-state index contributed by atoms with van der Waals surface area (Å²) in [5, 5.41) is 1.96. The molecule has 3 nitrogen and oxygen atoms in total. The summed E-state index contributed by atoms with van der Waals surface area (Å²) in [6.45, 7) is 4.35. The second-order valence-electron chi connectivity index (χ2n) is 3.87. The Hall–Kier alpha value is -1.68. The number of hydrogen-bond donors (Lipinski definition) is 0. The van der Waals surface area contributed by atoms with Crippen molar-refractivity contribution < 1.29 is 9.53 Å². The van der Waals surface area contributed by atoms with Crippen LogP contribution in [0, 0.1) is 13.8 Å². The van der Waals surface area contributed by atoms with Crippen molar-refractivity contribution in [3.63, 3.8) is 0 Å². The topological polar surface area (TPSA) is 39.2 Å². The Labute approximate surface area is 104 Å². The molecule has 2 rings (SSSR count). The van der Waals surface area contributed by atoms with E-state index in [1.54, 1.807) is 16.8 Å². The van der Waals surface area contributed by atoms with Gasteiger partial charge in [0.15, 0.2) is 0 Å². The highest BCUT2D eigenvalue weighted by Crippen LogP contribution is 2.25. The van der Waals surface area contributed by atoms with Gasteiger partial charge in [0, 0.05) is 10.9 Å². The highest BCUT2D eigenvalue weighted by molar-refractivity contribution is 7.07. The number of aryl methyl sites for hydroxylation is 2. The molecule has 0 amide bonds. The lowest BCUT2D eigenvalue weighted by Crippen LogP contribution is -2.00. The number of benzene rings is 1. The van der Waals surface area contributed by atoms with Crippen molar-refractivity contribution in [2.75, 3.05) is 0 Å². The Morgan fingerprint density at radius 3 is 2.59 bits per heavy atom. The Kier molecular flexibility index (Phi) is 3.54. The number of aldehydes is 1. The van der Waals surface area contributed by atoms with Crippen molar-refractivity contribution in [1.29, 1.82) is 0 Å². The fourth-order valence-electron chi connectivity index (χ4n) is 1.73. The summed E-state index contributed by atoms with van der Waals surface area (Å²) in [6, 6.07) is 3.66. The van der Waals surface area contributed by atoms with Crippen LogP contribution in [0.3, 0.4) is 0 Å². The fourth-order valence-corrected chi connectivity index (χ4v) is 2.28. The van der Waals surface area contributed by atoms with Crippen LogP contribution in [0.4, 0.5) is 0 Å². The normalized spacial score (nSPS) is 10.2. The van der Waals surface area contributed by atoms with Crippen LogP contribution in [0.5, 0.6) is 5.75 Å². The van der Waals surface area contributed by atoms with Gasteiger partial charge in [-0.1, -0.05) is 0 Å². The van der Waals surface area contributed by atoms with E-state index >= 15 is 0 Å². The maximum absolute atomic E-state index is 10.7. The van der Waals surface area contributed by atoms with Gasteiger partial charge in [0.05, 0.1) is 11.2 Å². The van der Waals surface area contributed by atoms with E-state index in [9.17, 15) is 4.79 Å². The van der Waals surface area contributed by atoms with Gasteiger partial charge in [-0.05, 0) is 37.1 Å². The van der Waals surface area contributed by atoms with Crippen molar-refractivity contribution in [3.05, 3.63) is 45.4 Å². The van der Waals surface area contributed by atoms with Crippen LogP contribution in [-0.2, 0) is 6.61 Å². The average molecular weight is 247 g/mol. The molecule has 0 radical (unpaired) electrons. The number of ether oxygens (including phenoxy) is 1. The fraction of sp³-hybridized carbons (Fsp3) is 0.231. The minimum absolute atomic E-state index is 0.464. The molecule has 0 aliphatic carbocycles. The lowest BCUT2D eigenvalue weighted by molar-refractivity contribution is 0.112. The Bertz CT molecular complexity index is 497. The van der Waals surface area contributed by atoms with E-state index in [0.717, 1.165) is 28.9 Å². The number of rotatable bonds is 4. The minimum Gasteiger partial charge on any atom is -0.487 e. The molecule has 0 bridgehead atoms. The van der Waals surface area contributed by atoms with E-state index in [4.69, 9.17) is 4.74 Å². The first-order valence-corrected chi connectivity index (χ1v) is 6.21. The average Bonchev–Trinajstić information content (AvgIpc) is 2.80. The summed E-state index contributed by atoms with van der Waals surface area (Å²) in [4.78, 5) is 14.9. The smallest absolute Gasteiger partial charge is 0.150 e. The molecular weight excluding hydrogens is 234 g/mol. The van der Waals surface area contributed by atoms with Crippen LogP contribution in [0.1, 0.15) is 27.2 Å². The zero-order chi connectivity index (χ0) is 12.3. The van der Waals surface area contributed by atoms with E-state index in [1.807, 2.05) is 31.4 Å². The molecular formula is C13H13NO2S. The zero-order valence-corrected chi connectivity index (χ0v) is 10.6. The van der Waals surface area contributed by atoms with Gasteiger partial charge in [-0.25, -0.2) is 4.98 Å².